The van der Waals surface area contributed by atoms with Crippen molar-refractivity contribution < 1.29 is 13.2 Å². The number of hydrogen-bond acceptors (Lipinski definition) is 4. The van der Waals surface area contributed by atoms with Crippen LogP contribution in [-0.2, 0) is 10.0 Å². The molecule has 0 saturated carbocycles. The first-order valence-corrected chi connectivity index (χ1v) is 10.6. The highest BCUT2D eigenvalue weighted by Gasteiger charge is 2.28. The molecule has 1 aromatic carbocycles. The van der Waals surface area contributed by atoms with Crippen molar-refractivity contribution in [2.24, 2.45) is 0 Å². The van der Waals surface area contributed by atoms with Gasteiger partial charge in [0, 0.05) is 44.3 Å². The molecule has 8 heteroatoms. The van der Waals surface area contributed by atoms with Crippen molar-refractivity contribution in [3.63, 3.8) is 0 Å². The minimum absolute atomic E-state index is 0. The predicted molar refractivity (Wildman–Crippen MR) is 104 cm³/mol. The molecule has 0 aliphatic carbocycles. The molecule has 0 bridgehead atoms. The lowest BCUT2D eigenvalue weighted by Crippen LogP contribution is -2.52. The predicted octanol–water partition coefficient (Wildman–Crippen LogP) is 2.11. The van der Waals surface area contributed by atoms with Gasteiger partial charge < -0.3 is 10.2 Å². The molecule has 1 atom stereocenters. The fourth-order valence-electron chi connectivity index (χ4n) is 3.53. The summed E-state index contributed by atoms with van der Waals surface area (Å²) in [5, 5.41) is 3.26. The highest BCUT2D eigenvalue weighted by molar-refractivity contribution is 7.89. The fourth-order valence-corrected chi connectivity index (χ4v) is 5.09. The summed E-state index contributed by atoms with van der Waals surface area (Å²) in [6.45, 7) is 5.30. The number of benzene rings is 1. The van der Waals surface area contributed by atoms with Crippen LogP contribution < -0.4 is 5.32 Å². The molecule has 2 aliphatic rings. The van der Waals surface area contributed by atoms with Crippen LogP contribution in [0.4, 0.5) is 0 Å². The standard InChI is InChI=1S/C18H27N3O3S.ClH/c1-15-14-19-9-12-21(15)18(22)16-7-6-8-17(13-16)25(23,24)20-10-4-2-3-5-11-20;/h6-8,13,15,19H,2-5,9-12,14H2,1H3;1H/t15-;/m0./s1. The van der Waals surface area contributed by atoms with Gasteiger partial charge in [0.15, 0.2) is 0 Å². The molecule has 3 rings (SSSR count). The molecule has 1 amide bonds. The molecular weight excluding hydrogens is 374 g/mol. The van der Waals surface area contributed by atoms with Gasteiger partial charge in [-0.05, 0) is 38.0 Å². The third kappa shape index (κ3) is 4.57. The lowest BCUT2D eigenvalue weighted by molar-refractivity contribution is 0.0655. The molecule has 0 spiro atoms. The third-order valence-corrected chi connectivity index (χ3v) is 6.94. The Morgan fingerprint density at radius 1 is 1.12 bits per heavy atom. The Kier molecular flexibility index (Phi) is 7.46. The average Bonchev–Trinajstić information content (AvgIpc) is 2.92. The van der Waals surface area contributed by atoms with Crippen molar-refractivity contribution in [1.82, 2.24) is 14.5 Å². The lowest BCUT2D eigenvalue weighted by Gasteiger charge is -2.34. The molecule has 2 saturated heterocycles. The maximum atomic E-state index is 12.9. The maximum Gasteiger partial charge on any atom is 0.254 e. The van der Waals surface area contributed by atoms with Crippen LogP contribution in [0, 0.1) is 0 Å². The Morgan fingerprint density at radius 2 is 1.81 bits per heavy atom. The second-order valence-electron chi connectivity index (χ2n) is 6.90. The smallest absolute Gasteiger partial charge is 0.254 e. The van der Waals surface area contributed by atoms with Gasteiger partial charge in [0.2, 0.25) is 10.0 Å². The van der Waals surface area contributed by atoms with Crippen LogP contribution in [0.5, 0.6) is 0 Å². The number of rotatable bonds is 3. The largest absolute Gasteiger partial charge is 0.333 e. The first-order valence-electron chi connectivity index (χ1n) is 9.12. The number of carbonyl (C=O) groups excluding carboxylic acids is 1. The quantitative estimate of drug-likeness (QED) is 0.842. The van der Waals surface area contributed by atoms with E-state index in [0.29, 0.717) is 25.2 Å². The molecule has 2 heterocycles. The summed E-state index contributed by atoms with van der Waals surface area (Å²) in [4.78, 5) is 14.8. The van der Waals surface area contributed by atoms with Gasteiger partial charge in [-0.25, -0.2) is 8.42 Å². The van der Waals surface area contributed by atoms with Crippen LogP contribution in [0.1, 0.15) is 43.0 Å². The molecule has 146 valence electrons. The van der Waals surface area contributed by atoms with Gasteiger partial charge in [-0.3, -0.25) is 4.79 Å². The van der Waals surface area contributed by atoms with Gasteiger partial charge in [-0.15, -0.1) is 12.4 Å². The number of nitrogens with one attached hydrogen (secondary N) is 1. The Balaban J connectivity index is 0.00000243. The summed E-state index contributed by atoms with van der Waals surface area (Å²) in [6, 6.07) is 6.62. The third-order valence-electron chi connectivity index (χ3n) is 5.05. The molecule has 2 aliphatic heterocycles. The zero-order valence-electron chi connectivity index (χ0n) is 15.2. The minimum Gasteiger partial charge on any atom is -0.333 e. The van der Waals surface area contributed by atoms with Gasteiger partial charge in [-0.1, -0.05) is 18.9 Å². The number of halogens is 1. The van der Waals surface area contributed by atoms with E-state index in [1.54, 1.807) is 22.5 Å². The van der Waals surface area contributed by atoms with Crippen LogP contribution in [0.3, 0.4) is 0 Å². The SMILES string of the molecule is C[C@H]1CNCCN1C(=O)c1cccc(S(=O)(=O)N2CCCCCC2)c1.Cl. The van der Waals surface area contributed by atoms with E-state index in [-0.39, 0.29) is 29.3 Å². The van der Waals surface area contributed by atoms with Crippen molar-refractivity contribution in [3.8, 4) is 0 Å². The minimum atomic E-state index is -3.54. The first-order chi connectivity index (χ1) is 12.0. The van der Waals surface area contributed by atoms with Crippen molar-refractivity contribution in [3.05, 3.63) is 29.8 Å². The molecule has 2 fully saturated rings. The summed E-state index contributed by atoms with van der Waals surface area (Å²) >= 11 is 0. The summed E-state index contributed by atoms with van der Waals surface area (Å²) in [7, 11) is -3.54. The first kappa shape index (κ1) is 21.2. The Morgan fingerprint density at radius 3 is 2.46 bits per heavy atom. The van der Waals surface area contributed by atoms with Crippen molar-refractivity contribution in [2.75, 3.05) is 32.7 Å². The second kappa shape index (κ2) is 9.17. The zero-order valence-corrected chi connectivity index (χ0v) is 16.8. The molecule has 0 radical (unpaired) electrons. The molecule has 1 N–H and O–H groups in total. The molecule has 6 nitrogen and oxygen atoms in total. The summed E-state index contributed by atoms with van der Waals surface area (Å²) < 4.78 is 27.5. The summed E-state index contributed by atoms with van der Waals surface area (Å²) in [5.74, 6) is -0.0954. The van der Waals surface area contributed by atoms with E-state index in [4.69, 9.17) is 0 Å². The van der Waals surface area contributed by atoms with Gasteiger partial charge >= 0.3 is 0 Å². The van der Waals surface area contributed by atoms with E-state index in [9.17, 15) is 13.2 Å². The topological polar surface area (TPSA) is 69.7 Å². The van der Waals surface area contributed by atoms with Crippen LogP contribution in [-0.4, -0.2) is 62.3 Å². The molecular formula is C18H28ClN3O3S. The molecule has 0 aromatic heterocycles. The number of sulfonamides is 1. The highest BCUT2D eigenvalue weighted by Crippen LogP contribution is 2.22. The number of carbonyl (C=O) groups is 1. The van der Waals surface area contributed by atoms with Gasteiger partial charge in [0.1, 0.15) is 0 Å². The van der Waals surface area contributed by atoms with Crippen molar-refractivity contribution in [1.29, 1.82) is 0 Å². The zero-order chi connectivity index (χ0) is 17.9. The van der Waals surface area contributed by atoms with E-state index in [1.807, 2.05) is 11.8 Å². The Hall–Kier alpha value is -1.15. The summed E-state index contributed by atoms with van der Waals surface area (Å²) in [5.41, 5.74) is 0.449. The molecule has 26 heavy (non-hydrogen) atoms. The molecule has 0 unspecified atom stereocenters. The van der Waals surface area contributed by atoms with Crippen LogP contribution in [0.15, 0.2) is 29.2 Å². The van der Waals surface area contributed by atoms with E-state index in [2.05, 4.69) is 5.32 Å². The Bertz CT molecular complexity index is 718. The van der Waals surface area contributed by atoms with E-state index < -0.39 is 10.0 Å². The van der Waals surface area contributed by atoms with Crippen molar-refractivity contribution >= 4 is 28.3 Å². The van der Waals surface area contributed by atoms with Gasteiger partial charge in [0.05, 0.1) is 4.90 Å². The number of nitrogens with zero attached hydrogens (tertiary/aromatic N) is 2. The fraction of sp³-hybridized carbons (Fsp3) is 0.611. The van der Waals surface area contributed by atoms with Crippen LogP contribution in [0.25, 0.3) is 0 Å². The highest BCUT2D eigenvalue weighted by atomic mass is 35.5. The Labute approximate surface area is 162 Å². The van der Waals surface area contributed by atoms with Gasteiger partial charge in [-0.2, -0.15) is 4.31 Å². The van der Waals surface area contributed by atoms with E-state index in [0.717, 1.165) is 38.8 Å². The van der Waals surface area contributed by atoms with E-state index >= 15 is 0 Å². The second-order valence-corrected chi connectivity index (χ2v) is 8.84. The number of piperazine rings is 1. The normalized spacial score (nSPS) is 22.3. The van der Waals surface area contributed by atoms with Crippen molar-refractivity contribution in [2.45, 2.75) is 43.5 Å². The molecule has 1 aromatic rings. The average molecular weight is 402 g/mol. The van der Waals surface area contributed by atoms with Gasteiger partial charge in [0.25, 0.3) is 5.91 Å². The monoisotopic (exact) mass is 401 g/mol. The lowest BCUT2D eigenvalue weighted by atomic mass is 10.1. The maximum absolute atomic E-state index is 12.9. The van der Waals surface area contributed by atoms with Crippen LogP contribution >= 0.6 is 12.4 Å². The van der Waals surface area contributed by atoms with Crippen LogP contribution in [0.2, 0.25) is 0 Å². The summed E-state index contributed by atoms with van der Waals surface area (Å²) in [6.07, 6.45) is 3.95. The van der Waals surface area contributed by atoms with E-state index in [1.165, 1.54) is 6.07 Å². The number of hydrogen-bond donors (Lipinski definition) is 1. The number of amides is 1.